The molecular formula is C49H31N5S. The minimum Gasteiger partial charge on any atom is -0.228 e. The fraction of sp³-hybridized carbons (Fsp3) is 0. The predicted molar refractivity (Wildman–Crippen MR) is 226 cm³/mol. The molecule has 0 amide bonds. The summed E-state index contributed by atoms with van der Waals surface area (Å²) in [4.78, 5) is 25.3. The summed E-state index contributed by atoms with van der Waals surface area (Å²) in [5.74, 6) is 2.62. The minimum absolute atomic E-state index is 0.641. The lowest BCUT2D eigenvalue weighted by Crippen LogP contribution is -1.99. The van der Waals surface area contributed by atoms with Gasteiger partial charge in [0.05, 0.1) is 11.4 Å². The first-order valence-electron chi connectivity index (χ1n) is 18.2. The van der Waals surface area contributed by atoms with Gasteiger partial charge >= 0.3 is 0 Å². The minimum atomic E-state index is 0.641. The SMILES string of the molecule is c1ccc(-c2cc(-c3ccccc3)nc(-c3ccccc3-c3cccc4c3sc3cc(-c5nc(-c6ccccc6)nc(-c6ccccc6)n5)ccc34)n2)cc1. The van der Waals surface area contributed by atoms with Crippen LogP contribution >= 0.6 is 11.3 Å². The van der Waals surface area contributed by atoms with Crippen LogP contribution in [-0.4, -0.2) is 24.9 Å². The van der Waals surface area contributed by atoms with Crippen molar-refractivity contribution >= 4 is 31.5 Å². The molecule has 0 aliphatic carbocycles. The highest BCUT2D eigenvalue weighted by molar-refractivity contribution is 7.26. The smallest absolute Gasteiger partial charge is 0.164 e. The molecule has 10 aromatic rings. The molecule has 3 aromatic heterocycles. The molecule has 0 spiro atoms. The Bertz CT molecular complexity index is 2850. The lowest BCUT2D eigenvalue weighted by atomic mass is 9.97. The number of benzene rings is 7. The van der Waals surface area contributed by atoms with Crippen molar-refractivity contribution in [2.75, 3.05) is 0 Å². The molecule has 7 aromatic carbocycles. The van der Waals surface area contributed by atoms with E-state index in [4.69, 9.17) is 24.9 Å². The summed E-state index contributed by atoms with van der Waals surface area (Å²) >= 11 is 1.79. The van der Waals surface area contributed by atoms with E-state index in [2.05, 4.69) is 91.0 Å². The molecule has 5 nitrogen and oxygen atoms in total. The number of hydrogen-bond acceptors (Lipinski definition) is 6. The van der Waals surface area contributed by atoms with E-state index < -0.39 is 0 Å². The quantitative estimate of drug-likeness (QED) is 0.164. The van der Waals surface area contributed by atoms with Crippen LogP contribution in [0.1, 0.15) is 0 Å². The van der Waals surface area contributed by atoms with Crippen molar-refractivity contribution in [1.82, 2.24) is 24.9 Å². The van der Waals surface area contributed by atoms with Gasteiger partial charge in [-0.05, 0) is 17.7 Å². The van der Waals surface area contributed by atoms with Crippen molar-refractivity contribution in [3.05, 3.63) is 188 Å². The van der Waals surface area contributed by atoms with E-state index in [1.54, 1.807) is 11.3 Å². The Morgan fingerprint density at radius 1 is 0.291 bits per heavy atom. The van der Waals surface area contributed by atoms with E-state index in [-0.39, 0.29) is 0 Å². The third-order valence-electron chi connectivity index (χ3n) is 9.78. The van der Waals surface area contributed by atoms with Gasteiger partial charge in [-0.3, -0.25) is 0 Å². The van der Waals surface area contributed by atoms with Crippen LogP contribution in [0.2, 0.25) is 0 Å². The Balaban J connectivity index is 1.11. The van der Waals surface area contributed by atoms with Crippen molar-refractivity contribution in [1.29, 1.82) is 0 Å². The average molecular weight is 722 g/mol. The van der Waals surface area contributed by atoms with Gasteiger partial charge in [-0.2, -0.15) is 0 Å². The molecule has 55 heavy (non-hydrogen) atoms. The number of rotatable bonds is 7. The highest BCUT2D eigenvalue weighted by atomic mass is 32.1. The number of thiophene rings is 1. The summed E-state index contributed by atoms with van der Waals surface area (Å²) in [6.07, 6.45) is 0. The highest BCUT2D eigenvalue weighted by Gasteiger charge is 2.19. The zero-order chi connectivity index (χ0) is 36.6. The maximum absolute atomic E-state index is 5.18. The zero-order valence-corrected chi connectivity index (χ0v) is 30.4. The van der Waals surface area contributed by atoms with Crippen molar-refractivity contribution in [3.8, 4) is 79.2 Å². The molecular weight excluding hydrogens is 691 g/mol. The number of aromatic nitrogens is 5. The second kappa shape index (κ2) is 14.0. The molecule has 0 aliphatic rings. The lowest BCUT2D eigenvalue weighted by molar-refractivity contribution is 1.07. The fourth-order valence-electron chi connectivity index (χ4n) is 7.08. The topological polar surface area (TPSA) is 64.5 Å². The standard InChI is InChI=1S/C49H31N5S/c1-5-16-32(17-6-1)42-31-43(33-18-7-2-8-19-33)51-49(50-42)41-25-14-13-24-37(41)39-26-15-27-40-38-29-28-36(30-44(38)55-45(39)40)48-53-46(34-20-9-3-10-21-34)52-47(54-48)35-22-11-4-12-23-35/h1-31H. The van der Waals surface area contributed by atoms with E-state index in [1.165, 1.54) is 15.5 Å². The third kappa shape index (κ3) is 6.24. The van der Waals surface area contributed by atoms with Gasteiger partial charge in [-0.15, -0.1) is 11.3 Å². The van der Waals surface area contributed by atoms with E-state index in [1.807, 2.05) is 97.1 Å². The van der Waals surface area contributed by atoms with Crippen LogP contribution in [0.5, 0.6) is 0 Å². The van der Waals surface area contributed by atoms with Crippen molar-refractivity contribution in [2.45, 2.75) is 0 Å². The van der Waals surface area contributed by atoms with Crippen LogP contribution in [-0.2, 0) is 0 Å². The molecule has 10 rings (SSSR count). The molecule has 0 saturated carbocycles. The second-order valence-electron chi connectivity index (χ2n) is 13.3. The summed E-state index contributed by atoms with van der Waals surface area (Å²) in [5, 5.41) is 2.39. The summed E-state index contributed by atoms with van der Waals surface area (Å²) in [5.41, 5.74) is 9.92. The van der Waals surface area contributed by atoms with E-state index in [0.29, 0.717) is 23.3 Å². The van der Waals surface area contributed by atoms with Gasteiger partial charge in [-0.1, -0.05) is 176 Å². The first-order valence-corrected chi connectivity index (χ1v) is 19.0. The number of hydrogen-bond donors (Lipinski definition) is 0. The summed E-state index contributed by atoms with van der Waals surface area (Å²) in [6.45, 7) is 0. The molecule has 3 heterocycles. The Morgan fingerprint density at radius 2 is 0.764 bits per heavy atom. The fourth-order valence-corrected chi connectivity index (χ4v) is 8.35. The van der Waals surface area contributed by atoms with Gasteiger partial charge in [0.15, 0.2) is 23.3 Å². The summed E-state index contributed by atoms with van der Waals surface area (Å²) in [6, 6.07) is 64.5. The van der Waals surface area contributed by atoms with E-state index >= 15 is 0 Å². The van der Waals surface area contributed by atoms with Crippen LogP contribution < -0.4 is 0 Å². The molecule has 0 bridgehead atoms. The average Bonchev–Trinajstić information content (AvgIpc) is 3.66. The van der Waals surface area contributed by atoms with Gasteiger partial charge in [0.1, 0.15) is 0 Å². The van der Waals surface area contributed by atoms with Crippen LogP contribution in [0.25, 0.3) is 99.4 Å². The van der Waals surface area contributed by atoms with E-state index in [0.717, 1.165) is 60.6 Å². The number of nitrogens with zero attached hydrogens (tertiary/aromatic N) is 5. The summed E-state index contributed by atoms with van der Waals surface area (Å²) < 4.78 is 2.37. The summed E-state index contributed by atoms with van der Waals surface area (Å²) in [7, 11) is 0. The first-order chi connectivity index (χ1) is 27.2. The predicted octanol–water partition coefficient (Wildman–Crippen LogP) is 12.7. The van der Waals surface area contributed by atoms with Crippen molar-refractivity contribution in [3.63, 3.8) is 0 Å². The second-order valence-corrected chi connectivity index (χ2v) is 14.3. The largest absolute Gasteiger partial charge is 0.228 e. The first kappa shape index (κ1) is 32.5. The van der Waals surface area contributed by atoms with Crippen LogP contribution in [0.15, 0.2) is 188 Å². The van der Waals surface area contributed by atoms with Gasteiger partial charge in [0.25, 0.3) is 0 Å². The Morgan fingerprint density at radius 3 is 1.33 bits per heavy atom. The van der Waals surface area contributed by atoms with Crippen molar-refractivity contribution in [2.24, 2.45) is 0 Å². The molecule has 258 valence electrons. The molecule has 0 radical (unpaired) electrons. The van der Waals surface area contributed by atoms with Crippen LogP contribution in [0.3, 0.4) is 0 Å². The molecule has 0 aliphatic heterocycles. The maximum atomic E-state index is 5.18. The molecule has 0 fully saturated rings. The van der Waals surface area contributed by atoms with Gasteiger partial charge in [-0.25, -0.2) is 24.9 Å². The third-order valence-corrected chi connectivity index (χ3v) is 11.0. The number of fused-ring (bicyclic) bond motifs is 3. The van der Waals surface area contributed by atoms with Gasteiger partial charge < -0.3 is 0 Å². The molecule has 0 N–H and O–H groups in total. The molecule has 0 unspecified atom stereocenters. The highest BCUT2D eigenvalue weighted by Crippen LogP contribution is 2.43. The molecule has 0 atom stereocenters. The Kier molecular flexibility index (Phi) is 8.28. The lowest BCUT2D eigenvalue weighted by Gasteiger charge is -2.13. The van der Waals surface area contributed by atoms with Crippen LogP contribution in [0.4, 0.5) is 0 Å². The zero-order valence-electron chi connectivity index (χ0n) is 29.5. The maximum Gasteiger partial charge on any atom is 0.164 e. The molecule has 6 heteroatoms. The van der Waals surface area contributed by atoms with Gasteiger partial charge in [0, 0.05) is 59.1 Å². The molecule has 0 saturated heterocycles. The Labute approximate surface area is 322 Å². The monoisotopic (exact) mass is 721 g/mol. The van der Waals surface area contributed by atoms with E-state index in [9.17, 15) is 0 Å². The Hall–Kier alpha value is -7.15. The normalized spacial score (nSPS) is 11.3. The van der Waals surface area contributed by atoms with Gasteiger partial charge in [0.2, 0.25) is 0 Å². The van der Waals surface area contributed by atoms with Crippen LogP contribution in [0, 0.1) is 0 Å². The van der Waals surface area contributed by atoms with Crippen molar-refractivity contribution < 1.29 is 0 Å².